The van der Waals surface area contributed by atoms with E-state index in [9.17, 15) is 8.42 Å². The van der Waals surface area contributed by atoms with Crippen molar-refractivity contribution < 1.29 is 13.2 Å². The lowest BCUT2D eigenvalue weighted by Gasteiger charge is -2.49. The van der Waals surface area contributed by atoms with Gasteiger partial charge >= 0.3 is 0 Å². The quantitative estimate of drug-likeness (QED) is 0.695. The summed E-state index contributed by atoms with van der Waals surface area (Å²) in [4.78, 5) is 5.49. The molecule has 170 valence electrons. The first-order valence-electron chi connectivity index (χ1n) is 11.5. The van der Waals surface area contributed by atoms with E-state index in [0.29, 0.717) is 36.6 Å². The number of ether oxygens (including phenoxy) is 1. The third kappa shape index (κ3) is 4.46. The first-order valence-corrected chi connectivity index (χ1v) is 12.9. The Balaban J connectivity index is 1.35. The van der Waals surface area contributed by atoms with E-state index in [1.807, 2.05) is 6.92 Å². The molecule has 0 radical (unpaired) electrons. The number of aromatic nitrogens is 2. The van der Waals surface area contributed by atoms with Crippen LogP contribution in [0.25, 0.3) is 0 Å². The van der Waals surface area contributed by atoms with Gasteiger partial charge in [0.05, 0.1) is 11.8 Å². The molecule has 1 atom stereocenters. The molecule has 1 aromatic rings. The summed E-state index contributed by atoms with van der Waals surface area (Å²) in [6, 6.07) is 1.17. The van der Waals surface area contributed by atoms with Gasteiger partial charge in [-0.05, 0) is 46.5 Å². The maximum atomic E-state index is 13.0. The van der Waals surface area contributed by atoms with E-state index in [2.05, 4.69) is 28.7 Å². The Morgan fingerprint density at radius 3 is 2.47 bits per heavy atom. The van der Waals surface area contributed by atoms with Gasteiger partial charge in [0.25, 0.3) is 0 Å². The van der Waals surface area contributed by atoms with Gasteiger partial charge in [0.1, 0.15) is 4.90 Å². The molecule has 0 aromatic carbocycles. The smallest absolute Gasteiger partial charge is 0.246 e. The van der Waals surface area contributed by atoms with Gasteiger partial charge in [-0.1, -0.05) is 0 Å². The average Bonchev–Trinajstić information content (AvgIpc) is 3.24. The molecule has 0 saturated carbocycles. The van der Waals surface area contributed by atoms with Gasteiger partial charge in [-0.2, -0.15) is 9.40 Å². The summed E-state index contributed by atoms with van der Waals surface area (Å²) >= 11 is 0. The SMILES string of the molecule is CCn1cc(S(=O)(=O)N2CCC3(CC2)CC(N2CCN(C(C)C)CC2)CCO3)cn1. The van der Waals surface area contributed by atoms with Crippen LogP contribution in [-0.4, -0.2) is 95.9 Å². The number of aryl methyl sites for hydroxylation is 1. The number of hydrogen-bond donors (Lipinski definition) is 0. The van der Waals surface area contributed by atoms with Gasteiger partial charge in [-0.25, -0.2) is 8.42 Å². The van der Waals surface area contributed by atoms with Gasteiger partial charge in [0.2, 0.25) is 10.0 Å². The number of piperazine rings is 1. The molecular formula is C21H37N5O3S. The minimum atomic E-state index is -3.48. The highest BCUT2D eigenvalue weighted by molar-refractivity contribution is 7.89. The molecular weight excluding hydrogens is 402 g/mol. The zero-order valence-electron chi connectivity index (χ0n) is 18.7. The number of sulfonamides is 1. The van der Waals surface area contributed by atoms with Gasteiger partial charge in [-0.15, -0.1) is 0 Å². The van der Waals surface area contributed by atoms with Crippen molar-refractivity contribution in [2.45, 2.75) is 75.6 Å². The van der Waals surface area contributed by atoms with Crippen molar-refractivity contribution in [2.75, 3.05) is 45.9 Å². The summed E-state index contributed by atoms with van der Waals surface area (Å²) in [6.07, 6.45) is 6.75. The molecule has 8 nitrogen and oxygen atoms in total. The van der Waals surface area contributed by atoms with Crippen LogP contribution >= 0.6 is 0 Å². The lowest BCUT2D eigenvalue weighted by atomic mass is 9.82. The van der Waals surface area contributed by atoms with Crippen molar-refractivity contribution in [3.8, 4) is 0 Å². The molecule has 1 aromatic heterocycles. The lowest BCUT2D eigenvalue weighted by molar-refractivity contribution is -0.130. The summed E-state index contributed by atoms with van der Waals surface area (Å²) in [6.45, 7) is 13.5. The number of rotatable bonds is 5. The summed E-state index contributed by atoms with van der Waals surface area (Å²) in [5.41, 5.74) is -0.169. The van der Waals surface area contributed by atoms with Gasteiger partial charge in [0.15, 0.2) is 0 Å². The normalized spacial score (nSPS) is 27.1. The van der Waals surface area contributed by atoms with E-state index in [1.54, 1.807) is 15.2 Å². The molecule has 3 fully saturated rings. The number of piperidine rings is 1. The van der Waals surface area contributed by atoms with Crippen molar-refractivity contribution >= 4 is 10.0 Å². The molecule has 0 bridgehead atoms. The van der Waals surface area contributed by atoms with Crippen molar-refractivity contribution in [1.29, 1.82) is 0 Å². The Morgan fingerprint density at radius 1 is 1.17 bits per heavy atom. The average molecular weight is 440 g/mol. The topological polar surface area (TPSA) is 70.9 Å². The second kappa shape index (κ2) is 8.86. The molecule has 0 N–H and O–H groups in total. The van der Waals surface area contributed by atoms with Gasteiger partial charge in [-0.3, -0.25) is 14.5 Å². The predicted octanol–water partition coefficient (Wildman–Crippen LogP) is 1.63. The fourth-order valence-electron chi connectivity index (χ4n) is 5.21. The molecule has 0 amide bonds. The first-order chi connectivity index (χ1) is 14.3. The van der Waals surface area contributed by atoms with E-state index < -0.39 is 10.0 Å². The van der Waals surface area contributed by atoms with Crippen LogP contribution < -0.4 is 0 Å². The summed E-state index contributed by atoms with van der Waals surface area (Å²) in [7, 11) is -3.48. The van der Waals surface area contributed by atoms with Crippen LogP contribution in [0.3, 0.4) is 0 Å². The Kier molecular flexibility index (Phi) is 6.56. The minimum Gasteiger partial charge on any atom is -0.375 e. The van der Waals surface area contributed by atoms with Crippen molar-refractivity contribution in [3.05, 3.63) is 12.4 Å². The maximum Gasteiger partial charge on any atom is 0.246 e. The third-order valence-electron chi connectivity index (χ3n) is 7.27. The van der Waals surface area contributed by atoms with E-state index >= 15 is 0 Å². The van der Waals surface area contributed by atoms with Crippen LogP contribution in [0, 0.1) is 0 Å². The molecule has 4 rings (SSSR count). The van der Waals surface area contributed by atoms with Crippen LogP contribution in [0.2, 0.25) is 0 Å². The van der Waals surface area contributed by atoms with Crippen molar-refractivity contribution in [3.63, 3.8) is 0 Å². The zero-order valence-corrected chi connectivity index (χ0v) is 19.5. The van der Waals surface area contributed by atoms with Gasteiger partial charge in [0, 0.05) is 70.7 Å². The zero-order chi connectivity index (χ0) is 21.4. The second-order valence-corrected chi connectivity index (χ2v) is 11.2. The Labute approximate surface area is 181 Å². The molecule has 4 heterocycles. The first kappa shape index (κ1) is 22.2. The highest BCUT2D eigenvalue weighted by Gasteiger charge is 2.44. The summed E-state index contributed by atoms with van der Waals surface area (Å²) in [5.74, 6) is 0. The molecule has 1 unspecified atom stereocenters. The Morgan fingerprint density at radius 2 is 1.87 bits per heavy atom. The third-order valence-corrected chi connectivity index (χ3v) is 9.12. The summed E-state index contributed by atoms with van der Waals surface area (Å²) < 4.78 is 35.6. The standard InChI is InChI=1S/C21H37N5O3S/c1-4-25-17-20(16-22-25)30(27,28)26-8-6-21(7-9-26)15-19(5-14-29-21)24-12-10-23(11-13-24)18(2)3/h16-19H,4-15H2,1-3H3. The summed E-state index contributed by atoms with van der Waals surface area (Å²) in [5, 5.41) is 4.13. The van der Waals surface area contributed by atoms with Crippen LogP contribution in [-0.2, 0) is 21.3 Å². The Hall–Kier alpha value is -1.00. The molecule has 3 saturated heterocycles. The van der Waals surface area contributed by atoms with E-state index in [0.717, 1.165) is 58.5 Å². The van der Waals surface area contributed by atoms with Crippen molar-refractivity contribution in [1.82, 2.24) is 23.9 Å². The lowest BCUT2D eigenvalue weighted by Crippen LogP contribution is -2.58. The van der Waals surface area contributed by atoms with E-state index in [-0.39, 0.29) is 5.60 Å². The Bertz CT molecular complexity index is 808. The highest BCUT2D eigenvalue weighted by Crippen LogP contribution is 2.38. The number of hydrogen-bond acceptors (Lipinski definition) is 6. The monoisotopic (exact) mass is 439 g/mol. The highest BCUT2D eigenvalue weighted by atomic mass is 32.2. The molecule has 0 aliphatic carbocycles. The fraction of sp³-hybridized carbons (Fsp3) is 0.857. The molecule has 1 spiro atoms. The minimum absolute atomic E-state index is 0.169. The molecule has 3 aliphatic heterocycles. The van der Waals surface area contributed by atoms with Crippen LogP contribution in [0.1, 0.15) is 46.5 Å². The van der Waals surface area contributed by atoms with E-state index in [4.69, 9.17) is 4.74 Å². The predicted molar refractivity (Wildman–Crippen MR) is 116 cm³/mol. The van der Waals surface area contributed by atoms with Crippen LogP contribution in [0.5, 0.6) is 0 Å². The second-order valence-electron chi connectivity index (χ2n) is 9.28. The number of nitrogens with zero attached hydrogens (tertiary/aromatic N) is 5. The van der Waals surface area contributed by atoms with Crippen LogP contribution in [0.4, 0.5) is 0 Å². The largest absolute Gasteiger partial charge is 0.375 e. The van der Waals surface area contributed by atoms with E-state index in [1.165, 1.54) is 6.20 Å². The molecule has 9 heteroatoms. The fourth-order valence-corrected chi connectivity index (χ4v) is 6.61. The van der Waals surface area contributed by atoms with Gasteiger partial charge < -0.3 is 4.74 Å². The maximum absolute atomic E-state index is 13.0. The molecule has 30 heavy (non-hydrogen) atoms. The van der Waals surface area contributed by atoms with Crippen LogP contribution in [0.15, 0.2) is 17.3 Å². The molecule has 3 aliphatic rings. The van der Waals surface area contributed by atoms with Crippen molar-refractivity contribution in [2.24, 2.45) is 0 Å².